The molecule has 3 nitrogen and oxygen atoms in total. The van der Waals surface area contributed by atoms with Gasteiger partial charge >= 0.3 is 0 Å². The fourth-order valence-corrected chi connectivity index (χ4v) is 2.83. The molecule has 0 aromatic carbocycles. The average Bonchev–Trinajstić information content (AvgIpc) is 2.71. The van der Waals surface area contributed by atoms with Gasteiger partial charge in [0, 0.05) is 37.3 Å². The van der Waals surface area contributed by atoms with Crippen LogP contribution in [0.5, 0.6) is 0 Å². The lowest BCUT2D eigenvalue weighted by Crippen LogP contribution is -2.54. The number of carbonyl (C=O) groups is 1. The molecule has 1 amide bonds. The van der Waals surface area contributed by atoms with E-state index in [1.165, 1.54) is 0 Å². The Bertz CT molecular complexity index is 460. The van der Waals surface area contributed by atoms with Crippen molar-refractivity contribution in [1.82, 2.24) is 9.80 Å². The van der Waals surface area contributed by atoms with Gasteiger partial charge in [0.2, 0.25) is 0 Å². The van der Waals surface area contributed by atoms with Gasteiger partial charge in [-0.3, -0.25) is 9.69 Å². The number of nitrogens with zero attached hydrogens (tertiary/aromatic N) is 2. The molecular weight excluding hydrogens is 260 g/mol. The monoisotopic (exact) mass is 288 g/mol. The van der Waals surface area contributed by atoms with E-state index in [9.17, 15) is 4.79 Å². The second-order valence-corrected chi connectivity index (χ2v) is 6.89. The number of rotatable bonds is 2. The van der Waals surface area contributed by atoms with Gasteiger partial charge in [-0.05, 0) is 39.2 Å². The highest BCUT2D eigenvalue weighted by Crippen LogP contribution is 2.19. The summed E-state index contributed by atoms with van der Waals surface area (Å²) in [7, 11) is 0. The zero-order valence-electron chi connectivity index (χ0n) is 13.8. The Labute approximate surface area is 129 Å². The van der Waals surface area contributed by atoms with Crippen LogP contribution in [0.3, 0.4) is 0 Å². The summed E-state index contributed by atoms with van der Waals surface area (Å²) in [5.41, 5.74) is 1.000. The molecule has 21 heavy (non-hydrogen) atoms. The van der Waals surface area contributed by atoms with Crippen molar-refractivity contribution in [2.75, 3.05) is 26.2 Å². The van der Waals surface area contributed by atoms with Gasteiger partial charge in [-0.25, -0.2) is 0 Å². The van der Waals surface area contributed by atoms with Gasteiger partial charge in [-0.1, -0.05) is 31.2 Å². The highest BCUT2D eigenvalue weighted by molar-refractivity contribution is 5.96. The van der Waals surface area contributed by atoms with Crippen molar-refractivity contribution in [3.05, 3.63) is 36.0 Å². The average molecular weight is 288 g/mol. The van der Waals surface area contributed by atoms with Crippen LogP contribution in [0.25, 0.3) is 0 Å². The standard InChI is InChI=1S/C18H28N2O/c1-5-15-7-6-8-16(10-9-15)17(21)19-11-13-20(14-12-19)18(2,3)4/h6-10,15H,5,11-14H2,1-4H3. The quantitative estimate of drug-likeness (QED) is 0.780. The van der Waals surface area contributed by atoms with Crippen LogP contribution in [0.1, 0.15) is 34.1 Å². The van der Waals surface area contributed by atoms with Gasteiger partial charge in [0.15, 0.2) is 0 Å². The number of carbonyl (C=O) groups excluding carboxylic acids is 1. The summed E-state index contributed by atoms with van der Waals surface area (Å²) in [6, 6.07) is 0. The fourth-order valence-electron chi connectivity index (χ4n) is 2.83. The molecule has 2 rings (SSSR count). The Hall–Kier alpha value is -1.35. The third kappa shape index (κ3) is 4.07. The molecule has 1 aliphatic carbocycles. The van der Waals surface area contributed by atoms with E-state index in [4.69, 9.17) is 0 Å². The maximum atomic E-state index is 12.6. The summed E-state index contributed by atoms with van der Waals surface area (Å²) < 4.78 is 0. The molecule has 0 aromatic heterocycles. The van der Waals surface area contributed by atoms with Crippen LogP contribution in [-0.4, -0.2) is 47.4 Å². The fraction of sp³-hybridized carbons (Fsp3) is 0.611. The lowest BCUT2D eigenvalue weighted by molar-refractivity contribution is -0.129. The number of hydrogen-bond acceptors (Lipinski definition) is 2. The van der Waals surface area contributed by atoms with Crippen molar-refractivity contribution in [2.24, 2.45) is 5.92 Å². The Morgan fingerprint density at radius 1 is 1.19 bits per heavy atom. The van der Waals surface area contributed by atoms with Crippen molar-refractivity contribution in [2.45, 2.75) is 39.7 Å². The van der Waals surface area contributed by atoms with Gasteiger partial charge < -0.3 is 4.90 Å². The Balaban J connectivity index is 1.97. The molecule has 1 fully saturated rings. The molecule has 0 saturated carbocycles. The smallest absolute Gasteiger partial charge is 0.253 e. The van der Waals surface area contributed by atoms with Crippen molar-refractivity contribution >= 4 is 5.91 Å². The van der Waals surface area contributed by atoms with Crippen LogP contribution in [0.2, 0.25) is 0 Å². The van der Waals surface area contributed by atoms with Gasteiger partial charge in [-0.2, -0.15) is 0 Å². The molecule has 0 N–H and O–H groups in total. The first kappa shape index (κ1) is 16.0. The molecule has 0 spiro atoms. The summed E-state index contributed by atoms with van der Waals surface area (Å²) in [6.07, 6.45) is 11.3. The van der Waals surface area contributed by atoms with Crippen LogP contribution in [0.15, 0.2) is 36.0 Å². The molecule has 1 atom stereocenters. The summed E-state index contributed by atoms with van der Waals surface area (Å²) in [6.45, 7) is 12.4. The first-order chi connectivity index (χ1) is 9.91. The van der Waals surface area contributed by atoms with Gasteiger partial charge in [0.25, 0.3) is 5.91 Å². The number of piperazine rings is 1. The summed E-state index contributed by atoms with van der Waals surface area (Å²) >= 11 is 0. The molecule has 1 heterocycles. The van der Waals surface area contributed by atoms with E-state index in [-0.39, 0.29) is 11.4 Å². The topological polar surface area (TPSA) is 23.6 Å². The van der Waals surface area contributed by atoms with Gasteiger partial charge in [-0.15, -0.1) is 0 Å². The Morgan fingerprint density at radius 2 is 1.86 bits per heavy atom. The van der Waals surface area contributed by atoms with E-state index in [1.807, 2.05) is 23.1 Å². The second-order valence-electron chi connectivity index (χ2n) is 6.89. The second kappa shape index (κ2) is 6.61. The zero-order chi connectivity index (χ0) is 15.5. The van der Waals surface area contributed by atoms with Crippen LogP contribution < -0.4 is 0 Å². The van der Waals surface area contributed by atoms with Gasteiger partial charge in [0.05, 0.1) is 0 Å². The third-order valence-electron chi connectivity index (χ3n) is 4.39. The minimum absolute atomic E-state index is 0.168. The molecule has 1 aliphatic heterocycles. The maximum absolute atomic E-state index is 12.6. The molecule has 0 bridgehead atoms. The number of hydrogen-bond donors (Lipinski definition) is 0. The van der Waals surface area contributed by atoms with Crippen LogP contribution in [0.4, 0.5) is 0 Å². The minimum Gasteiger partial charge on any atom is -0.336 e. The Morgan fingerprint density at radius 3 is 2.43 bits per heavy atom. The highest BCUT2D eigenvalue weighted by Gasteiger charge is 2.28. The lowest BCUT2D eigenvalue weighted by Gasteiger charge is -2.42. The molecule has 116 valence electrons. The number of amides is 1. The SMILES string of the molecule is CCC1C=CC=C(C(=O)N2CCN(C(C)(C)C)CC2)C=C1. The Kier molecular flexibility index (Phi) is 5.04. The summed E-state index contributed by atoms with van der Waals surface area (Å²) in [5.74, 6) is 0.616. The third-order valence-corrected chi connectivity index (χ3v) is 4.39. The molecule has 0 radical (unpaired) electrons. The van der Waals surface area contributed by atoms with Crippen molar-refractivity contribution < 1.29 is 4.79 Å². The van der Waals surface area contributed by atoms with Crippen molar-refractivity contribution in [1.29, 1.82) is 0 Å². The predicted molar refractivity (Wildman–Crippen MR) is 88.1 cm³/mol. The van der Waals surface area contributed by atoms with E-state index in [0.29, 0.717) is 5.92 Å². The summed E-state index contributed by atoms with van der Waals surface area (Å²) in [4.78, 5) is 17.0. The first-order valence-corrected chi connectivity index (χ1v) is 8.03. The zero-order valence-corrected chi connectivity index (χ0v) is 13.8. The van der Waals surface area contributed by atoms with Crippen LogP contribution in [-0.2, 0) is 4.79 Å². The van der Waals surface area contributed by atoms with E-state index < -0.39 is 0 Å². The van der Waals surface area contributed by atoms with Gasteiger partial charge in [0.1, 0.15) is 0 Å². The van der Waals surface area contributed by atoms with E-state index in [0.717, 1.165) is 38.2 Å². The van der Waals surface area contributed by atoms with Crippen molar-refractivity contribution in [3.8, 4) is 0 Å². The van der Waals surface area contributed by atoms with Crippen molar-refractivity contribution in [3.63, 3.8) is 0 Å². The normalized spacial score (nSPS) is 23.9. The summed E-state index contributed by atoms with van der Waals surface area (Å²) in [5, 5.41) is 0. The molecular formula is C18H28N2O. The minimum atomic E-state index is 0.168. The highest BCUT2D eigenvalue weighted by atomic mass is 16.2. The van der Waals surface area contributed by atoms with E-state index >= 15 is 0 Å². The van der Waals surface area contributed by atoms with E-state index in [2.05, 4.69) is 44.7 Å². The molecule has 2 aliphatic rings. The molecule has 0 aromatic rings. The lowest BCUT2D eigenvalue weighted by atomic mass is 10.0. The molecule has 1 saturated heterocycles. The molecule has 1 unspecified atom stereocenters. The molecule has 3 heteroatoms. The largest absolute Gasteiger partial charge is 0.336 e. The predicted octanol–water partition coefficient (Wildman–Crippen LogP) is 3.01. The first-order valence-electron chi connectivity index (χ1n) is 8.03. The maximum Gasteiger partial charge on any atom is 0.253 e. The van der Waals surface area contributed by atoms with E-state index in [1.54, 1.807) is 0 Å². The van der Waals surface area contributed by atoms with Crippen LogP contribution in [0, 0.1) is 5.92 Å². The number of allylic oxidation sites excluding steroid dienone is 4. The van der Waals surface area contributed by atoms with Crippen LogP contribution >= 0.6 is 0 Å².